The van der Waals surface area contributed by atoms with Crippen LogP contribution in [0.3, 0.4) is 0 Å². The van der Waals surface area contributed by atoms with Gasteiger partial charge in [-0.25, -0.2) is 0 Å². The molecule has 0 aliphatic rings. The summed E-state index contributed by atoms with van der Waals surface area (Å²) in [6.45, 7) is 0. The highest BCUT2D eigenvalue weighted by Crippen LogP contribution is 2.46. The summed E-state index contributed by atoms with van der Waals surface area (Å²) in [6.07, 6.45) is 0. The van der Waals surface area contributed by atoms with Crippen LogP contribution in [0.5, 0.6) is 0 Å². The Balaban J connectivity index is 1.07. The zero-order valence-electron chi connectivity index (χ0n) is 28.2. The molecule has 5 nitrogen and oxygen atoms in total. The molecule has 248 valence electrons. The van der Waals surface area contributed by atoms with E-state index in [1.54, 1.807) is 0 Å². The predicted octanol–water partition coefficient (Wildman–Crippen LogP) is 14.4. The van der Waals surface area contributed by atoms with Crippen molar-refractivity contribution >= 4 is 105 Å². The van der Waals surface area contributed by atoms with Crippen molar-refractivity contribution < 1.29 is 17.7 Å². The molecule has 0 aliphatic carbocycles. The molecule has 0 saturated heterocycles. The Labute approximate surface area is 301 Å². The topological polar surface area (TPSA) is 55.8 Å². The SMILES string of the molecule is c1ccc2c(c1)oc1cc(N(c3ccc(-c4cccc5oc6ccc7c8ccccc8oc7c6c45)cc3)c3cccc4oc5ccccc5c34)ccc12. The fourth-order valence-corrected chi connectivity index (χ4v) is 8.34. The Morgan fingerprint density at radius 1 is 0.321 bits per heavy atom. The Bertz CT molecular complexity index is 3410. The molecule has 5 heteroatoms. The minimum absolute atomic E-state index is 0.809. The van der Waals surface area contributed by atoms with Crippen LogP contribution in [-0.2, 0) is 0 Å². The molecule has 0 aliphatic heterocycles. The number of para-hydroxylation sites is 3. The highest BCUT2D eigenvalue weighted by atomic mass is 16.3. The lowest BCUT2D eigenvalue weighted by Gasteiger charge is -2.26. The molecule has 4 aromatic heterocycles. The summed E-state index contributed by atoms with van der Waals surface area (Å²) in [5.74, 6) is 0. The van der Waals surface area contributed by atoms with Crippen molar-refractivity contribution in [3.05, 3.63) is 164 Å². The maximum atomic E-state index is 6.50. The van der Waals surface area contributed by atoms with Gasteiger partial charge in [0.05, 0.1) is 16.5 Å². The largest absolute Gasteiger partial charge is 0.456 e. The summed E-state index contributed by atoms with van der Waals surface area (Å²) in [6, 6.07) is 56.6. The van der Waals surface area contributed by atoms with E-state index < -0.39 is 0 Å². The van der Waals surface area contributed by atoms with Gasteiger partial charge in [-0.1, -0.05) is 84.9 Å². The molecule has 0 fully saturated rings. The molecule has 8 aromatic carbocycles. The van der Waals surface area contributed by atoms with Crippen LogP contribution in [-0.4, -0.2) is 0 Å². The molecule has 4 heterocycles. The molecule has 12 rings (SSSR count). The Morgan fingerprint density at radius 3 is 1.68 bits per heavy atom. The molecule has 0 amide bonds. The van der Waals surface area contributed by atoms with Crippen molar-refractivity contribution in [2.24, 2.45) is 0 Å². The number of nitrogens with zero attached hydrogens (tertiary/aromatic N) is 1. The van der Waals surface area contributed by atoms with Crippen LogP contribution in [0.4, 0.5) is 17.1 Å². The van der Waals surface area contributed by atoms with E-state index in [-0.39, 0.29) is 0 Å². The number of hydrogen-bond acceptors (Lipinski definition) is 5. The first-order chi connectivity index (χ1) is 26.3. The third-order valence-corrected chi connectivity index (χ3v) is 10.7. The van der Waals surface area contributed by atoms with Gasteiger partial charge in [-0.15, -0.1) is 0 Å². The molecule has 0 unspecified atom stereocenters. The average molecular weight is 682 g/mol. The van der Waals surface area contributed by atoms with Crippen LogP contribution in [0.15, 0.2) is 181 Å². The third kappa shape index (κ3) is 4.07. The van der Waals surface area contributed by atoms with E-state index in [2.05, 4.69) is 120 Å². The first kappa shape index (κ1) is 28.5. The fourth-order valence-electron chi connectivity index (χ4n) is 8.34. The van der Waals surface area contributed by atoms with Crippen LogP contribution >= 0.6 is 0 Å². The van der Waals surface area contributed by atoms with Gasteiger partial charge in [-0.05, 0) is 83.9 Å². The zero-order chi connectivity index (χ0) is 34.6. The Morgan fingerprint density at radius 2 is 0.868 bits per heavy atom. The minimum Gasteiger partial charge on any atom is -0.456 e. The molecule has 0 radical (unpaired) electrons. The van der Waals surface area contributed by atoms with Crippen molar-refractivity contribution in [1.29, 1.82) is 0 Å². The summed E-state index contributed by atoms with van der Waals surface area (Å²) in [4.78, 5) is 2.30. The monoisotopic (exact) mass is 681 g/mol. The van der Waals surface area contributed by atoms with E-state index in [1.807, 2.05) is 48.5 Å². The van der Waals surface area contributed by atoms with E-state index in [9.17, 15) is 0 Å². The van der Waals surface area contributed by atoms with E-state index >= 15 is 0 Å². The van der Waals surface area contributed by atoms with E-state index in [4.69, 9.17) is 17.7 Å². The van der Waals surface area contributed by atoms with Gasteiger partial charge in [0.25, 0.3) is 0 Å². The highest BCUT2D eigenvalue weighted by molar-refractivity contribution is 6.25. The molecule has 0 bridgehead atoms. The lowest BCUT2D eigenvalue weighted by atomic mass is 9.98. The lowest BCUT2D eigenvalue weighted by molar-refractivity contribution is 0.662. The van der Waals surface area contributed by atoms with Crippen LogP contribution in [0.1, 0.15) is 0 Å². The van der Waals surface area contributed by atoms with E-state index in [0.29, 0.717) is 0 Å². The van der Waals surface area contributed by atoms with Gasteiger partial charge >= 0.3 is 0 Å². The average Bonchev–Trinajstić information content (AvgIpc) is 3.98. The molecule has 0 saturated carbocycles. The van der Waals surface area contributed by atoms with Gasteiger partial charge in [-0.3, -0.25) is 0 Å². The fraction of sp³-hybridized carbons (Fsp3) is 0. The van der Waals surface area contributed by atoms with Crippen molar-refractivity contribution in [2.75, 3.05) is 4.90 Å². The van der Waals surface area contributed by atoms with Crippen LogP contribution in [0.2, 0.25) is 0 Å². The number of rotatable bonds is 4. The lowest BCUT2D eigenvalue weighted by Crippen LogP contribution is -2.10. The van der Waals surface area contributed by atoms with Crippen LogP contribution in [0, 0.1) is 0 Å². The maximum absolute atomic E-state index is 6.50. The third-order valence-electron chi connectivity index (χ3n) is 10.7. The molecule has 12 aromatic rings. The van der Waals surface area contributed by atoms with Gasteiger partial charge < -0.3 is 22.6 Å². The van der Waals surface area contributed by atoms with Crippen molar-refractivity contribution in [3.63, 3.8) is 0 Å². The summed E-state index contributed by atoms with van der Waals surface area (Å²) < 4.78 is 25.7. The van der Waals surface area contributed by atoms with E-state index in [1.165, 1.54) is 0 Å². The second-order valence-electron chi connectivity index (χ2n) is 13.6. The predicted molar refractivity (Wildman–Crippen MR) is 216 cm³/mol. The summed E-state index contributed by atoms with van der Waals surface area (Å²) in [5, 5.41) is 8.54. The molecule has 53 heavy (non-hydrogen) atoms. The quantitative estimate of drug-likeness (QED) is 0.185. The molecular weight excluding hydrogens is 655 g/mol. The molecule has 0 spiro atoms. The number of anilines is 3. The van der Waals surface area contributed by atoms with Crippen LogP contribution in [0.25, 0.3) is 98.9 Å². The van der Waals surface area contributed by atoms with Gasteiger partial charge in [0.1, 0.15) is 44.7 Å². The maximum Gasteiger partial charge on any atom is 0.147 e. The van der Waals surface area contributed by atoms with Gasteiger partial charge in [0.15, 0.2) is 0 Å². The Kier molecular flexibility index (Phi) is 5.71. The van der Waals surface area contributed by atoms with Gasteiger partial charge in [0, 0.05) is 49.8 Å². The summed E-state index contributed by atoms with van der Waals surface area (Å²) in [7, 11) is 0. The number of benzene rings is 8. The second-order valence-corrected chi connectivity index (χ2v) is 13.6. The summed E-state index contributed by atoms with van der Waals surface area (Å²) >= 11 is 0. The normalized spacial score (nSPS) is 12.2. The Hall–Kier alpha value is -7.24. The van der Waals surface area contributed by atoms with Crippen molar-refractivity contribution in [3.8, 4) is 11.1 Å². The number of hydrogen-bond donors (Lipinski definition) is 0. The standard InChI is InChI=1S/C48H27NO4/c1-4-14-38-32(9-1)34-24-23-30(27-44(34)51-38)49(37-13-8-18-41-45(37)36-11-3-6-16-40(36)50-41)29-21-19-28(20-22-29)31-12-7-17-42-46(31)47-43(52-42)26-25-35-33-10-2-5-15-39(33)53-48(35)47/h1-27H. The van der Waals surface area contributed by atoms with E-state index in [0.717, 1.165) is 116 Å². The zero-order valence-corrected chi connectivity index (χ0v) is 28.2. The smallest absolute Gasteiger partial charge is 0.147 e. The second kappa shape index (κ2) is 10.6. The highest BCUT2D eigenvalue weighted by Gasteiger charge is 2.22. The molecule has 0 atom stereocenters. The van der Waals surface area contributed by atoms with Gasteiger partial charge in [0.2, 0.25) is 0 Å². The first-order valence-corrected chi connectivity index (χ1v) is 17.7. The number of furan rings is 4. The van der Waals surface area contributed by atoms with Crippen molar-refractivity contribution in [1.82, 2.24) is 0 Å². The van der Waals surface area contributed by atoms with Gasteiger partial charge in [-0.2, -0.15) is 0 Å². The first-order valence-electron chi connectivity index (χ1n) is 17.7. The van der Waals surface area contributed by atoms with Crippen LogP contribution < -0.4 is 4.90 Å². The van der Waals surface area contributed by atoms with Crippen molar-refractivity contribution in [2.45, 2.75) is 0 Å². The molecular formula is C48H27NO4. The molecule has 0 N–H and O–H groups in total. The summed E-state index contributed by atoms with van der Waals surface area (Å²) in [5.41, 5.74) is 11.9. The minimum atomic E-state index is 0.809. The number of fused-ring (bicyclic) bond motifs is 13.